The number of rotatable bonds is 5. The van der Waals surface area contributed by atoms with Crippen LogP contribution in [0.3, 0.4) is 0 Å². The predicted octanol–water partition coefficient (Wildman–Crippen LogP) is 3.82. The molecule has 7 nitrogen and oxygen atoms in total. The van der Waals surface area contributed by atoms with Gasteiger partial charge in [-0.1, -0.05) is 11.6 Å². The molecular formula is C20H20ClN3O4S2. The molecule has 0 atom stereocenters. The van der Waals surface area contributed by atoms with Crippen molar-refractivity contribution >= 4 is 48.9 Å². The fourth-order valence-corrected chi connectivity index (χ4v) is 6.23. The minimum atomic E-state index is -3.44. The van der Waals surface area contributed by atoms with Gasteiger partial charge in [0.1, 0.15) is 9.75 Å². The number of sulfone groups is 1. The van der Waals surface area contributed by atoms with Gasteiger partial charge in [0, 0.05) is 22.2 Å². The van der Waals surface area contributed by atoms with E-state index < -0.39 is 14.6 Å². The lowest BCUT2D eigenvalue weighted by molar-refractivity contribution is -0.0811. The number of oxazole rings is 1. The zero-order valence-corrected chi connectivity index (χ0v) is 19.0. The number of carbonyl (C=O) groups is 1. The number of hydrogen-bond acceptors (Lipinski definition) is 7. The van der Waals surface area contributed by atoms with E-state index in [1.807, 2.05) is 18.2 Å². The van der Waals surface area contributed by atoms with Crippen molar-refractivity contribution in [3.63, 3.8) is 0 Å². The van der Waals surface area contributed by atoms with Crippen LogP contribution in [0.25, 0.3) is 10.2 Å². The SMILES string of the molecule is CC(C)(c1ncc(C(=O)NC23CC(c4nc5ccc(Cl)cc5s4)(C2)C3)o1)S(C)(=O)=O. The Kier molecular flexibility index (Phi) is 4.02. The van der Waals surface area contributed by atoms with Crippen LogP contribution in [-0.2, 0) is 20.0 Å². The minimum Gasteiger partial charge on any atom is -0.434 e. The first-order chi connectivity index (χ1) is 13.9. The number of benzene rings is 1. The molecule has 6 rings (SSSR count). The summed E-state index contributed by atoms with van der Waals surface area (Å²) in [5.74, 6) is -0.338. The lowest BCUT2D eigenvalue weighted by atomic mass is 9.39. The Balaban J connectivity index is 1.28. The molecule has 3 aliphatic carbocycles. The van der Waals surface area contributed by atoms with E-state index in [1.54, 1.807) is 11.3 Å². The molecule has 0 aliphatic heterocycles. The fourth-order valence-electron chi connectivity index (χ4n) is 4.39. The molecule has 2 heterocycles. The van der Waals surface area contributed by atoms with E-state index in [0.29, 0.717) is 5.02 Å². The summed E-state index contributed by atoms with van der Waals surface area (Å²) in [6.07, 6.45) is 4.89. The molecule has 2 aromatic heterocycles. The molecule has 0 unspecified atom stereocenters. The van der Waals surface area contributed by atoms with E-state index in [-0.39, 0.29) is 28.5 Å². The first-order valence-electron chi connectivity index (χ1n) is 9.48. The summed E-state index contributed by atoms with van der Waals surface area (Å²) < 4.78 is 29.2. The lowest BCUT2D eigenvalue weighted by Crippen LogP contribution is -2.76. The highest BCUT2D eigenvalue weighted by Gasteiger charge is 2.70. The molecule has 1 amide bonds. The molecule has 3 saturated carbocycles. The molecule has 3 aromatic rings. The summed E-state index contributed by atoms with van der Waals surface area (Å²) >= 11 is 7.74. The minimum absolute atomic E-state index is 0.0114. The van der Waals surface area contributed by atoms with Gasteiger partial charge in [-0.3, -0.25) is 4.79 Å². The van der Waals surface area contributed by atoms with Gasteiger partial charge >= 0.3 is 0 Å². The van der Waals surface area contributed by atoms with Gasteiger partial charge in [0.25, 0.3) is 5.91 Å². The zero-order valence-electron chi connectivity index (χ0n) is 16.7. The van der Waals surface area contributed by atoms with E-state index in [9.17, 15) is 13.2 Å². The Morgan fingerprint density at radius 3 is 2.67 bits per heavy atom. The lowest BCUT2D eigenvalue weighted by Gasteiger charge is -2.69. The second-order valence-corrected chi connectivity index (χ2v) is 13.0. The van der Waals surface area contributed by atoms with Crippen LogP contribution in [0.5, 0.6) is 0 Å². The monoisotopic (exact) mass is 465 g/mol. The average molecular weight is 466 g/mol. The summed E-state index contributed by atoms with van der Waals surface area (Å²) in [4.78, 5) is 21.5. The van der Waals surface area contributed by atoms with Gasteiger partial charge < -0.3 is 9.73 Å². The fraction of sp³-hybridized carbons (Fsp3) is 0.450. The number of halogens is 1. The van der Waals surface area contributed by atoms with E-state index >= 15 is 0 Å². The Morgan fingerprint density at radius 1 is 1.30 bits per heavy atom. The molecule has 0 radical (unpaired) electrons. The largest absolute Gasteiger partial charge is 0.434 e. The van der Waals surface area contributed by atoms with Crippen LogP contribution in [-0.4, -0.2) is 36.1 Å². The maximum Gasteiger partial charge on any atom is 0.289 e. The number of carbonyl (C=O) groups excluding carboxylic acids is 1. The summed E-state index contributed by atoms with van der Waals surface area (Å²) in [6, 6.07) is 5.70. The molecule has 10 heteroatoms. The molecule has 1 N–H and O–H groups in total. The van der Waals surface area contributed by atoms with Crippen LogP contribution < -0.4 is 5.32 Å². The van der Waals surface area contributed by atoms with Gasteiger partial charge in [0.15, 0.2) is 9.84 Å². The molecular weight excluding hydrogens is 446 g/mol. The van der Waals surface area contributed by atoms with Crippen molar-refractivity contribution in [2.45, 2.75) is 48.8 Å². The molecule has 3 aliphatic rings. The molecule has 0 spiro atoms. The predicted molar refractivity (Wildman–Crippen MR) is 115 cm³/mol. The topological polar surface area (TPSA) is 102 Å². The second-order valence-electron chi connectivity index (χ2n) is 8.99. The third-order valence-corrected chi connectivity index (χ3v) is 9.91. The molecule has 1 aromatic carbocycles. The van der Waals surface area contributed by atoms with Crippen molar-refractivity contribution in [2.24, 2.45) is 0 Å². The van der Waals surface area contributed by atoms with Crippen molar-refractivity contribution < 1.29 is 17.6 Å². The average Bonchev–Trinajstić information content (AvgIpc) is 3.22. The first kappa shape index (κ1) is 20.0. The molecule has 158 valence electrons. The van der Waals surface area contributed by atoms with Crippen molar-refractivity contribution in [1.82, 2.24) is 15.3 Å². The van der Waals surface area contributed by atoms with Crippen molar-refractivity contribution in [3.05, 3.63) is 46.1 Å². The molecule has 30 heavy (non-hydrogen) atoms. The highest BCUT2D eigenvalue weighted by molar-refractivity contribution is 7.91. The van der Waals surface area contributed by atoms with E-state index in [4.69, 9.17) is 21.0 Å². The number of aromatic nitrogens is 2. The summed E-state index contributed by atoms with van der Waals surface area (Å²) in [5, 5.41) is 4.84. The number of fused-ring (bicyclic) bond motifs is 1. The zero-order chi connectivity index (χ0) is 21.5. The van der Waals surface area contributed by atoms with Crippen LogP contribution in [0.4, 0.5) is 0 Å². The van der Waals surface area contributed by atoms with Gasteiger partial charge in [0.2, 0.25) is 11.7 Å². The third-order valence-electron chi connectivity index (χ3n) is 6.38. The van der Waals surface area contributed by atoms with E-state index in [1.165, 1.54) is 20.0 Å². The number of thiazole rings is 1. The van der Waals surface area contributed by atoms with Crippen molar-refractivity contribution in [2.75, 3.05) is 6.26 Å². The number of amides is 1. The van der Waals surface area contributed by atoms with E-state index in [0.717, 1.165) is 40.7 Å². The van der Waals surface area contributed by atoms with Crippen LogP contribution >= 0.6 is 22.9 Å². The van der Waals surface area contributed by atoms with Gasteiger partial charge in [-0.25, -0.2) is 18.4 Å². The quantitative estimate of drug-likeness (QED) is 0.614. The standard InChI is InChI=1S/C20H20ClN3O4S2/c1-18(2,30(3,26)27)16-22-7-13(28-16)15(25)24-20-8-19(9-20,10-20)17-23-12-5-4-11(21)6-14(12)29-17/h4-7H,8-10H2,1-3H3,(H,24,25). The van der Waals surface area contributed by atoms with Crippen molar-refractivity contribution in [3.8, 4) is 0 Å². The van der Waals surface area contributed by atoms with Crippen LogP contribution in [0.1, 0.15) is 54.6 Å². The first-order valence-corrected chi connectivity index (χ1v) is 12.6. The van der Waals surface area contributed by atoms with Crippen molar-refractivity contribution in [1.29, 1.82) is 0 Å². The Morgan fingerprint density at radius 2 is 2.00 bits per heavy atom. The molecule has 3 fully saturated rings. The summed E-state index contributed by atoms with van der Waals surface area (Å²) in [7, 11) is -3.44. The summed E-state index contributed by atoms with van der Waals surface area (Å²) in [6.45, 7) is 3.01. The molecule has 0 saturated heterocycles. The molecule has 2 bridgehead atoms. The third kappa shape index (κ3) is 2.82. The Hall–Kier alpha value is -1.97. The van der Waals surface area contributed by atoms with Gasteiger partial charge in [-0.15, -0.1) is 11.3 Å². The highest BCUT2D eigenvalue weighted by Crippen LogP contribution is 2.68. The van der Waals surface area contributed by atoms with Crippen LogP contribution in [0.2, 0.25) is 5.02 Å². The van der Waals surface area contributed by atoms with Crippen LogP contribution in [0, 0.1) is 0 Å². The number of hydrogen-bond donors (Lipinski definition) is 1. The van der Waals surface area contributed by atoms with Gasteiger partial charge in [-0.2, -0.15) is 0 Å². The normalized spacial score (nSPS) is 25.6. The van der Waals surface area contributed by atoms with Gasteiger partial charge in [0.05, 0.1) is 16.4 Å². The number of nitrogens with one attached hydrogen (secondary N) is 1. The Labute approximate surface area is 182 Å². The Bertz CT molecular complexity index is 1290. The number of nitrogens with zero attached hydrogens (tertiary/aromatic N) is 2. The second kappa shape index (κ2) is 6.05. The summed E-state index contributed by atoms with van der Waals surface area (Å²) in [5.41, 5.74) is 0.713. The maximum absolute atomic E-state index is 12.7. The van der Waals surface area contributed by atoms with Gasteiger partial charge in [-0.05, 0) is 51.3 Å². The smallest absolute Gasteiger partial charge is 0.289 e. The highest BCUT2D eigenvalue weighted by atomic mass is 35.5. The van der Waals surface area contributed by atoms with Crippen LogP contribution in [0.15, 0.2) is 28.8 Å². The maximum atomic E-state index is 12.7. The van der Waals surface area contributed by atoms with E-state index in [2.05, 4.69) is 10.3 Å².